The van der Waals surface area contributed by atoms with Crippen LogP contribution < -0.4 is 4.90 Å². The van der Waals surface area contributed by atoms with Crippen molar-refractivity contribution < 1.29 is 9.18 Å². The van der Waals surface area contributed by atoms with Crippen molar-refractivity contribution in [1.82, 2.24) is 15.1 Å². The van der Waals surface area contributed by atoms with Crippen LogP contribution in [-0.2, 0) is 11.2 Å². The summed E-state index contributed by atoms with van der Waals surface area (Å²) in [6.45, 7) is 3.10. The molecule has 3 rings (SSSR count). The number of halogens is 1. The van der Waals surface area contributed by atoms with Gasteiger partial charge in [0, 0.05) is 38.8 Å². The summed E-state index contributed by atoms with van der Waals surface area (Å²) in [5.74, 6) is 0.764. The second-order valence-electron chi connectivity index (χ2n) is 5.93. The molecule has 0 unspecified atom stereocenters. The van der Waals surface area contributed by atoms with Crippen LogP contribution in [0.5, 0.6) is 0 Å². The number of benzene rings is 1. The highest BCUT2D eigenvalue weighted by Gasteiger charge is 2.19. The van der Waals surface area contributed by atoms with Crippen molar-refractivity contribution in [3.05, 3.63) is 54.0 Å². The minimum absolute atomic E-state index is 0.153. The van der Waals surface area contributed by atoms with Crippen molar-refractivity contribution >= 4 is 11.7 Å². The minimum atomic E-state index is -0.248. The van der Waals surface area contributed by atoms with Crippen molar-refractivity contribution in [2.75, 3.05) is 31.1 Å². The highest BCUT2D eigenvalue weighted by molar-refractivity contribution is 5.76. The topological polar surface area (TPSA) is 49.3 Å². The Morgan fingerprint density at radius 2 is 1.92 bits per heavy atom. The van der Waals surface area contributed by atoms with Crippen molar-refractivity contribution in [3.63, 3.8) is 0 Å². The molecule has 5 nitrogen and oxygen atoms in total. The Morgan fingerprint density at radius 1 is 1.08 bits per heavy atom. The number of hydrogen-bond acceptors (Lipinski definition) is 4. The van der Waals surface area contributed by atoms with Crippen LogP contribution >= 0.6 is 0 Å². The fraction of sp³-hybridized carbons (Fsp3) is 0.389. The van der Waals surface area contributed by atoms with E-state index in [0.717, 1.165) is 37.4 Å². The molecule has 0 aliphatic carbocycles. The molecule has 2 heterocycles. The van der Waals surface area contributed by atoms with Crippen LogP contribution in [0, 0.1) is 5.82 Å². The van der Waals surface area contributed by atoms with Gasteiger partial charge in [-0.2, -0.15) is 5.10 Å². The molecule has 0 saturated carbocycles. The molecule has 1 aromatic carbocycles. The molecule has 0 spiro atoms. The van der Waals surface area contributed by atoms with Crippen molar-refractivity contribution in [3.8, 4) is 0 Å². The van der Waals surface area contributed by atoms with Gasteiger partial charge in [0.15, 0.2) is 5.82 Å². The number of hydrogen-bond donors (Lipinski definition) is 0. The Labute approximate surface area is 141 Å². The second kappa shape index (κ2) is 7.86. The van der Waals surface area contributed by atoms with Gasteiger partial charge >= 0.3 is 0 Å². The Hall–Kier alpha value is -2.50. The number of aryl methyl sites for hydroxylation is 1. The quantitative estimate of drug-likeness (QED) is 0.864. The lowest BCUT2D eigenvalue weighted by atomic mass is 10.1. The molecule has 0 bridgehead atoms. The lowest BCUT2D eigenvalue weighted by Gasteiger charge is -2.22. The van der Waals surface area contributed by atoms with Gasteiger partial charge in [0.05, 0.1) is 0 Å². The summed E-state index contributed by atoms with van der Waals surface area (Å²) in [5.41, 5.74) is 0.987. The third kappa shape index (κ3) is 4.28. The first kappa shape index (κ1) is 16.4. The molecule has 24 heavy (non-hydrogen) atoms. The predicted molar refractivity (Wildman–Crippen MR) is 90.2 cm³/mol. The largest absolute Gasteiger partial charge is 0.353 e. The average Bonchev–Trinajstić information content (AvgIpc) is 2.88. The van der Waals surface area contributed by atoms with Gasteiger partial charge in [-0.1, -0.05) is 12.1 Å². The fourth-order valence-electron chi connectivity index (χ4n) is 2.92. The Kier molecular flexibility index (Phi) is 5.36. The first-order chi connectivity index (χ1) is 11.7. The van der Waals surface area contributed by atoms with Gasteiger partial charge in [0.2, 0.25) is 5.91 Å². The van der Waals surface area contributed by atoms with E-state index in [1.54, 1.807) is 18.3 Å². The number of carbonyl (C=O) groups is 1. The third-order valence-corrected chi connectivity index (χ3v) is 4.27. The van der Waals surface area contributed by atoms with Gasteiger partial charge in [0.25, 0.3) is 0 Å². The number of rotatable bonds is 4. The molecule has 1 amide bonds. The Balaban J connectivity index is 1.52. The van der Waals surface area contributed by atoms with Crippen LogP contribution in [0.25, 0.3) is 0 Å². The smallest absolute Gasteiger partial charge is 0.222 e. The van der Waals surface area contributed by atoms with Crippen LogP contribution in [0.1, 0.15) is 18.4 Å². The summed E-state index contributed by atoms with van der Waals surface area (Å²) in [6, 6.07) is 10.2. The molecule has 1 aliphatic heterocycles. The number of nitrogens with zero attached hydrogens (tertiary/aromatic N) is 4. The zero-order valence-electron chi connectivity index (χ0n) is 13.6. The molecule has 1 fully saturated rings. The van der Waals surface area contributed by atoms with Crippen LogP contribution in [0.2, 0.25) is 0 Å². The molecule has 0 atom stereocenters. The maximum absolute atomic E-state index is 12.9. The Morgan fingerprint density at radius 3 is 2.67 bits per heavy atom. The van der Waals surface area contributed by atoms with Gasteiger partial charge in [-0.15, -0.1) is 5.10 Å². The van der Waals surface area contributed by atoms with Crippen molar-refractivity contribution in [2.24, 2.45) is 0 Å². The standard InChI is InChI=1S/C18H21FN4O/c19-16-7-4-15(5-8-16)6-9-18(24)23-12-2-11-22(13-14-23)17-3-1-10-20-21-17/h1,3-5,7-8,10H,2,6,9,11-14H2. The molecule has 1 aliphatic rings. The van der Waals surface area contributed by atoms with E-state index in [9.17, 15) is 9.18 Å². The number of aromatic nitrogens is 2. The van der Waals surface area contributed by atoms with Crippen LogP contribution in [0.15, 0.2) is 42.6 Å². The van der Waals surface area contributed by atoms with Crippen LogP contribution in [0.4, 0.5) is 10.2 Å². The van der Waals surface area contributed by atoms with E-state index in [1.807, 2.05) is 17.0 Å². The fourth-order valence-corrected chi connectivity index (χ4v) is 2.92. The summed E-state index contributed by atoms with van der Waals surface area (Å²) >= 11 is 0. The number of amides is 1. The normalized spacial score (nSPS) is 15.2. The maximum atomic E-state index is 12.9. The lowest BCUT2D eigenvalue weighted by molar-refractivity contribution is -0.130. The van der Waals surface area contributed by atoms with E-state index in [0.29, 0.717) is 19.4 Å². The van der Waals surface area contributed by atoms with Gasteiger partial charge in [-0.3, -0.25) is 4.79 Å². The summed E-state index contributed by atoms with van der Waals surface area (Å²) in [7, 11) is 0. The lowest BCUT2D eigenvalue weighted by Crippen LogP contribution is -2.35. The molecule has 0 radical (unpaired) electrons. The van der Waals surface area contributed by atoms with Crippen molar-refractivity contribution in [1.29, 1.82) is 0 Å². The van der Waals surface area contributed by atoms with Gasteiger partial charge in [-0.25, -0.2) is 4.39 Å². The van der Waals surface area contributed by atoms with E-state index >= 15 is 0 Å². The van der Waals surface area contributed by atoms with Gasteiger partial charge in [-0.05, 0) is 42.7 Å². The highest BCUT2D eigenvalue weighted by Crippen LogP contribution is 2.13. The molecule has 2 aromatic rings. The monoisotopic (exact) mass is 328 g/mol. The number of anilines is 1. The zero-order valence-corrected chi connectivity index (χ0v) is 13.6. The summed E-state index contributed by atoms with van der Waals surface area (Å²) in [6.07, 6.45) is 3.67. The molecular weight excluding hydrogens is 307 g/mol. The van der Waals surface area contributed by atoms with E-state index < -0.39 is 0 Å². The van der Waals surface area contributed by atoms with E-state index in [2.05, 4.69) is 15.1 Å². The molecule has 1 aromatic heterocycles. The Bertz CT molecular complexity index is 662. The first-order valence-electron chi connectivity index (χ1n) is 8.27. The van der Waals surface area contributed by atoms with Gasteiger partial charge in [0.1, 0.15) is 5.82 Å². The van der Waals surface area contributed by atoms with E-state index in [4.69, 9.17) is 0 Å². The van der Waals surface area contributed by atoms with Crippen LogP contribution in [-0.4, -0.2) is 47.2 Å². The average molecular weight is 328 g/mol. The summed E-state index contributed by atoms with van der Waals surface area (Å²) in [5, 5.41) is 8.05. The SMILES string of the molecule is O=C(CCc1ccc(F)cc1)N1CCCN(c2cccnn2)CC1. The molecule has 0 N–H and O–H groups in total. The second-order valence-corrected chi connectivity index (χ2v) is 5.93. The molecule has 126 valence electrons. The molecule has 6 heteroatoms. The summed E-state index contributed by atoms with van der Waals surface area (Å²) in [4.78, 5) is 16.5. The van der Waals surface area contributed by atoms with E-state index in [-0.39, 0.29) is 11.7 Å². The highest BCUT2D eigenvalue weighted by atomic mass is 19.1. The number of carbonyl (C=O) groups excluding carboxylic acids is 1. The zero-order chi connectivity index (χ0) is 16.8. The minimum Gasteiger partial charge on any atom is -0.353 e. The molecule has 1 saturated heterocycles. The van der Waals surface area contributed by atoms with Crippen molar-refractivity contribution in [2.45, 2.75) is 19.3 Å². The third-order valence-electron chi connectivity index (χ3n) is 4.27. The summed E-state index contributed by atoms with van der Waals surface area (Å²) < 4.78 is 12.9. The first-order valence-corrected chi connectivity index (χ1v) is 8.27. The maximum Gasteiger partial charge on any atom is 0.222 e. The van der Waals surface area contributed by atoms with E-state index in [1.165, 1.54) is 12.1 Å². The molecular formula is C18H21FN4O. The van der Waals surface area contributed by atoms with Crippen LogP contribution in [0.3, 0.4) is 0 Å². The van der Waals surface area contributed by atoms with Gasteiger partial charge < -0.3 is 9.80 Å². The predicted octanol–water partition coefficient (Wildman–Crippen LogP) is 2.29.